The highest BCUT2D eigenvalue weighted by molar-refractivity contribution is 4.83. The van der Waals surface area contributed by atoms with Crippen molar-refractivity contribution in [3.05, 3.63) is 0 Å². The zero-order chi connectivity index (χ0) is 12.1. The minimum absolute atomic E-state index is 0.368. The molecule has 0 radical (unpaired) electrons. The second-order valence-corrected chi connectivity index (χ2v) is 5.91. The van der Waals surface area contributed by atoms with E-state index in [0.717, 1.165) is 25.1 Å². The summed E-state index contributed by atoms with van der Waals surface area (Å²) in [4.78, 5) is 2.57. The molecule has 0 bridgehead atoms. The van der Waals surface area contributed by atoms with Crippen LogP contribution >= 0.6 is 0 Å². The van der Waals surface area contributed by atoms with E-state index in [2.05, 4.69) is 24.1 Å². The zero-order valence-electron chi connectivity index (χ0n) is 11.5. The first kappa shape index (κ1) is 13.3. The molecular weight excluding hydrogens is 212 g/mol. The van der Waals surface area contributed by atoms with Gasteiger partial charge >= 0.3 is 0 Å². The summed E-state index contributed by atoms with van der Waals surface area (Å²) in [5.41, 5.74) is 0. The molecule has 100 valence electrons. The van der Waals surface area contributed by atoms with Crippen molar-refractivity contribution in [2.75, 3.05) is 32.8 Å². The number of rotatable bonds is 7. The first-order valence-corrected chi connectivity index (χ1v) is 7.31. The van der Waals surface area contributed by atoms with Gasteiger partial charge in [0.25, 0.3) is 0 Å². The summed E-state index contributed by atoms with van der Waals surface area (Å²) in [6, 6.07) is 0.856. The van der Waals surface area contributed by atoms with E-state index >= 15 is 0 Å². The Bertz CT molecular complexity index is 216. The predicted molar refractivity (Wildman–Crippen MR) is 71.3 cm³/mol. The highest BCUT2D eigenvalue weighted by atomic mass is 16.5. The molecule has 1 saturated carbocycles. The van der Waals surface area contributed by atoms with Crippen molar-refractivity contribution in [2.24, 2.45) is 5.92 Å². The van der Waals surface area contributed by atoms with Gasteiger partial charge in [-0.2, -0.15) is 0 Å². The van der Waals surface area contributed by atoms with Gasteiger partial charge in [-0.1, -0.05) is 0 Å². The second-order valence-electron chi connectivity index (χ2n) is 5.91. The van der Waals surface area contributed by atoms with Crippen LogP contribution in [0.5, 0.6) is 0 Å². The molecule has 1 N–H and O–H groups in total. The number of nitrogens with zero attached hydrogens (tertiary/aromatic N) is 1. The molecule has 2 aliphatic rings. The molecule has 1 saturated heterocycles. The molecule has 0 aromatic carbocycles. The van der Waals surface area contributed by atoms with E-state index < -0.39 is 0 Å². The van der Waals surface area contributed by atoms with Crippen LogP contribution in [0, 0.1) is 5.92 Å². The molecule has 3 heteroatoms. The Hall–Kier alpha value is -0.120. The van der Waals surface area contributed by atoms with Gasteiger partial charge in [0.05, 0.1) is 12.7 Å². The number of piperidine rings is 1. The molecule has 1 unspecified atom stereocenters. The van der Waals surface area contributed by atoms with Gasteiger partial charge in [0.1, 0.15) is 0 Å². The van der Waals surface area contributed by atoms with Crippen molar-refractivity contribution >= 4 is 0 Å². The highest BCUT2D eigenvalue weighted by Crippen LogP contribution is 2.21. The second kappa shape index (κ2) is 6.72. The normalized spacial score (nSPS) is 26.6. The van der Waals surface area contributed by atoms with Gasteiger partial charge in [-0.25, -0.2) is 0 Å². The van der Waals surface area contributed by atoms with E-state index in [9.17, 15) is 0 Å². The van der Waals surface area contributed by atoms with Crippen molar-refractivity contribution in [1.82, 2.24) is 10.2 Å². The summed E-state index contributed by atoms with van der Waals surface area (Å²) in [5.74, 6) is 0.864. The summed E-state index contributed by atoms with van der Waals surface area (Å²) in [6.07, 6.45) is 5.93. The number of nitrogens with one attached hydrogen (secondary N) is 1. The summed E-state index contributed by atoms with van der Waals surface area (Å²) in [6.45, 7) is 9.98. The van der Waals surface area contributed by atoms with E-state index in [0.29, 0.717) is 6.10 Å². The van der Waals surface area contributed by atoms with Gasteiger partial charge in [-0.05, 0) is 58.5 Å². The lowest BCUT2D eigenvalue weighted by Crippen LogP contribution is -2.41. The van der Waals surface area contributed by atoms with Gasteiger partial charge < -0.3 is 15.0 Å². The predicted octanol–water partition coefficient (Wildman–Crippen LogP) is 1.88. The van der Waals surface area contributed by atoms with Crippen LogP contribution in [0.3, 0.4) is 0 Å². The molecule has 17 heavy (non-hydrogen) atoms. The zero-order valence-corrected chi connectivity index (χ0v) is 11.5. The first-order chi connectivity index (χ1) is 8.24. The lowest BCUT2D eigenvalue weighted by molar-refractivity contribution is 0.0487. The summed E-state index contributed by atoms with van der Waals surface area (Å²) < 4.78 is 5.63. The highest BCUT2D eigenvalue weighted by Gasteiger charge is 2.24. The van der Waals surface area contributed by atoms with Crippen LogP contribution in [0.2, 0.25) is 0 Å². The number of hydrogen-bond acceptors (Lipinski definition) is 3. The number of hydrogen-bond donors (Lipinski definition) is 1. The van der Waals surface area contributed by atoms with Gasteiger partial charge in [0.15, 0.2) is 0 Å². The molecule has 1 aliphatic heterocycles. The van der Waals surface area contributed by atoms with Crippen molar-refractivity contribution in [1.29, 1.82) is 0 Å². The van der Waals surface area contributed by atoms with Gasteiger partial charge in [-0.15, -0.1) is 0 Å². The van der Waals surface area contributed by atoms with Gasteiger partial charge in [0.2, 0.25) is 0 Å². The van der Waals surface area contributed by atoms with Gasteiger partial charge in [-0.3, -0.25) is 0 Å². The summed E-state index contributed by atoms with van der Waals surface area (Å²) in [5, 5.41) is 3.66. The topological polar surface area (TPSA) is 24.5 Å². The van der Waals surface area contributed by atoms with E-state index in [1.807, 2.05) is 0 Å². The van der Waals surface area contributed by atoms with Crippen LogP contribution in [0.1, 0.15) is 39.5 Å². The Morgan fingerprint density at radius 2 is 2.12 bits per heavy atom. The van der Waals surface area contributed by atoms with Crippen molar-refractivity contribution in [3.63, 3.8) is 0 Å². The molecule has 1 aliphatic carbocycles. The number of ether oxygens (including phenoxy) is 1. The van der Waals surface area contributed by atoms with E-state index in [1.165, 1.54) is 45.3 Å². The minimum atomic E-state index is 0.368. The van der Waals surface area contributed by atoms with Crippen LogP contribution in [0.4, 0.5) is 0 Å². The Kier molecular flexibility index (Phi) is 5.26. The monoisotopic (exact) mass is 240 g/mol. The molecule has 0 aromatic heterocycles. The van der Waals surface area contributed by atoms with E-state index in [-0.39, 0.29) is 0 Å². The maximum atomic E-state index is 5.63. The Balaban J connectivity index is 1.58. The lowest BCUT2D eigenvalue weighted by Gasteiger charge is -2.33. The van der Waals surface area contributed by atoms with Crippen molar-refractivity contribution in [3.8, 4) is 0 Å². The summed E-state index contributed by atoms with van der Waals surface area (Å²) in [7, 11) is 0. The van der Waals surface area contributed by atoms with Crippen molar-refractivity contribution < 1.29 is 4.74 Å². The molecule has 2 fully saturated rings. The minimum Gasteiger partial charge on any atom is -0.377 e. The average molecular weight is 240 g/mol. The van der Waals surface area contributed by atoms with E-state index in [4.69, 9.17) is 4.74 Å². The van der Waals surface area contributed by atoms with Crippen LogP contribution in [-0.2, 0) is 4.74 Å². The fourth-order valence-electron chi connectivity index (χ4n) is 2.56. The Morgan fingerprint density at radius 1 is 1.29 bits per heavy atom. The maximum absolute atomic E-state index is 5.63. The number of likely N-dealkylation sites (tertiary alicyclic amines) is 1. The van der Waals surface area contributed by atoms with Crippen LogP contribution in [-0.4, -0.2) is 49.8 Å². The fraction of sp³-hybridized carbons (Fsp3) is 1.00. The maximum Gasteiger partial charge on any atom is 0.0596 e. The molecule has 0 spiro atoms. The van der Waals surface area contributed by atoms with Crippen LogP contribution < -0.4 is 5.32 Å². The Morgan fingerprint density at radius 3 is 2.82 bits per heavy atom. The summed E-state index contributed by atoms with van der Waals surface area (Å²) >= 11 is 0. The average Bonchev–Trinajstić information content (AvgIpc) is 3.10. The molecular formula is C14H28N2O. The third-order valence-electron chi connectivity index (χ3n) is 3.73. The molecule has 1 atom stereocenters. The fourth-order valence-corrected chi connectivity index (χ4v) is 2.56. The molecule has 3 nitrogen and oxygen atoms in total. The smallest absolute Gasteiger partial charge is 0.0596 e. The molecule has 0 aromatic rings. The standard InChI is InChI=1S/C14H28N2O/c1-12(2)17-9-8-16-7-3-4-13(11-16)10-15-14-5-6-14/h12-15H,3-11H2,1-2H3. The SMILES string of the molecule is CC(C)OCCN1CCCC(CNC2CC2)C1. The molecule has 2 rings (SSSR count). The van der Waals surface area contributed by atoms with E-state index in [1.54, 1.807) is 0 Å². The lowest BCUT2D eigenvalue weighted by atomic mass is 9.98. The first-order valence-electron chi connectivity index (χ1n) is 7.31. The van der Waals surface area contributed by atoms with Gasteiger partial charge in [0, 0.05) is 19.1 Å². The quantitative estimate of drug-likeness (QED) is 0.735. The molecule has 1 heterocycles. The van der Waals surface area contributed by atoms with Crippen LogP contribution in [0.25, 0.3) is 0 Å². The molecule has 0 amide bonds. The third kappa shape index (κ3) is 5.36. The van der Waals surface area contributed by atoms with Crippen molar-refractivity contribution in [2.45, 2.75) is 51.7 Å². The van der Waals surface area contributed by atoms with Crippen LogP contribution in [0.15, 0.2) is 0 Å². The largest absolute Gasteiger partial charge is 0.377 e. The Labute approximate surface area is 106 Å². The third-order valence-corrected chi connectivity index (χ3v) is 3.73.